The molecule has 1 aromatic heterocycles. The summed E-state index contributed by atoms with van der Waals surface area (Å²) in [5.41, 5.74) is 2.49. The summed E-state index contributed by atoms with van der Waals surface area (Å²) in [6.07, 6.45) is 6.86. The lowest BCUT2D eigenvalue weighted by atomic mass is 10.1. The number of carbonyl (C=O) groups is 1. The van der Waals surface area contributed by atoms with E-state index in [1.54, 1.807) is 29.1 Å². The van der Waals surface area contributed by atoms with Crippen LogP contribution in [0.5, 0.6) is 5.75 Å². The summed E-state index contributed by atoms with van der Waals surface area (Å²) < 4.78 is 7.52. The van der Waals surface area contributed by atoms with Gasteiger partial charge in [-0.25, -0.2) is 0 Å². The summed E-state index contributed by atoms with van der Waals surface area (Å²) >= 11 is 0. The maximum Gasteiger partial charge on any atom is 0.189 e. The third kappa shape index (κ3) is 3.98. The molecular formula is C20H18N2O2. The van der Waals surface area contributed by atoms with E-state index in [2.05, 4.69) is 5.10 Å². The Morgan fingerprint density at radius 2 is 1.88 bits per heavy atom. The Bertz CT molecular complexity index is 851. The average Bonchev–Trinajstić information content (AvgIpc) is 3.04. The molecule has 0 N–H and O–H groups in total. The van der Waals surface area contributed by atoms with Crippen molar-refractivity contribution in [1.29, 1.82) is 0 Å². The Balaban J connectivity index is 1.73. The molecule has 1 heterocycles. The molecule has 0 saturated carbocycles. The van der Waals surface area contributed by atoms with Crippen LogP contribution in [0.4, 0.5) is 0 Å². The lowest BCUT2D eigenvalue weighted by Crippen LogP contribution is -2.02. The zero-order valence-electron chi connectivity index (χ0n) is 13.4. The SMILES string of the molecule is Cn1cc(C=CC(=O)c2ccccc2OCc2ccccc2)cn1. The highest BCUT2D eigenvalue weighted by Crippen LogP contribution is 2.20. The van der Waals surface area contributed by atoms with E-state index in [9.17, 15) is 4.79 Å². The second-order valence-corrected chi connectivity index (χ2v) is 5.42. The molecule has 0 spiro atoms. The number of aryl methyl sites for hydroxylation is 1. The number of rotatable bonds is 6. The molecule has 0 aliphatic rings. The Morgan fingerprint density at radius 1 is 1.12 bits per heavy atom. The Morgan fingerprint density at radius 3 is 2.62 bits per heavy atom. The smallest absolute Gasteiger partial charge is 0.189 e. The van der Waals surface area contributed by atoms with Crippen molar-refractivity contribution in [3.63, 3.8) is 0 Å². The van der Waals surface area contributed by atoms with Crippen molar-refractivity contribution < 1.29 is 9.53 Å². The molecule has 4 nitrogen and oxygen atoms in total. The van der Waals surface area contributed by atoms with Crippen LogP contribution in [0.15, 0.2) is 73.1 Å². The van der Waals surface area contributed by atoms with Crippen LogP contribution >= 0.6 is 0 Å². The maximum absolute atomic E-state index is 12.5. The Kier molecular flexibility index (Phi) is 4.87. The lowest BCUT2D eigenvalue weighted by molar-refractivity contribution is 0.104. The van der Waals surface area contributed by atoms with Gasteiger partial charge in [0.15, 0.2) is 5.78 Å². The van der Waals surface area contributed by atoms with Crippen molar-refractivity contribution in [3.8, 4) is 5.75 Å². The van der Waals surface area contributed by atoms with Gasteiger partial charge < -0.3 is 4.74 Å². The molecule has 120 valence electrons. The summed E-state index contributed by atoms with van der Waals surface area (Å²) in [5, 5.41) is 4.08. The summed E-state index contributed by atoms with van der Waals surface area (Å²) in [6, 6.07) is 17.2. The highest BCUT2D eigenvalue weighted by atomic mass is 16.5. The number of hydrogen-bond donors (Lipinski definition) is 0. The molecule has 0 atom stereocenters. The highest BCUT2D eigenvalue weighted by Gasteiger charge is 2.09. The van der Waals surface area contributed by atoms with Crippen LogP contribution in [-0.4, -0.2) is 15.6 Å². The predicted molar refractivity (Wildman–Crippen MR) is 93.8 cm³/mol. The fourth-order valence-electron chi connectivity index (χ4n) is 2.32. The molecule has 0 amide bonds. The zero-order valence-corrected chi connectivity index (χ0v) is 13.4. The second kappa shape index (κ2) is 7.42. The minimum Gasteiger partial charge on any atom is -0.488 e. The van der Waals surface area contributed by atoms with E-state index in [1.807, 2.05) is 61.8 Å². The number of allylic oxidation sites excluding steroid dienone is 1. The van der Waals surface area contributed by atoms with Crippen molar-refractivity contribution in [2.45, 2.75) is 6.61 Å². The number of carbonyl (C=O) groups excluding carboxylic acids is 1. The Labute approximate surface area is 141 Å². The summed E-state index contributed by atoms with van der Waals surface area (Å²) in [7, 11) is 1.84. The number of benzene rings is 2. The van der Waals surface area contributed by atoms with Crippen molar-refractivity contribution in [1.82, 2.24) is 9.78 Å². The molecule has 3 rings (SSSR count). The third-order valence-electron chi connectivity index (χ3n) is 3.54. The zero-order chi connectivity index (χ0) is 16.8. The van der Waals surface area contributed by atoms with E-state index >= 15 is 0 Å². The molecule has 0 bridgehead atoms. The summed E-state index contributed by atoms with van der Waals surface area (Å²) in [4.78, 5) is 12.5. The lowest BCUT2D eigenvalue weighted by Gasteiger charge is -2.09. The Hall–Kier alpha value is -3.14. The van der Waals surface area contributed by atoms with Crippen molar-refractivity contribution in [2.24, 2.45) is 7.05 Å². The van der Waals surface area contributed by atoms with Crippen LogP contribution in [0.2, 0.25) is 0 Å². The number of ketones is 1. The van der Waals surface area contributed by atoms with Gasteiger partial charge in [0.05, 0.1) is 11.8 Å². The molecule has 0 saturated heterocycles. The molecule has 0 radical (unpaired) electrons. The van der Waals surface area contributed by atoms with Crippen LogP contribution in [0.25, 0.3) is 6.08 Å². The standard InChI is InChI=1S/C20H18N2O2/c1-22-14-17(13-21-22)11-12-19(23)18-9-5-6-10-20(18)24-15-16-7-3-2-4-8-16/h2-14H,15H2,1H3. The maximum atomic E-state index is 12.5. The topological polar surface area (TPSA) is 44.1 Å². The van der Waals surface area contributed by atoms with Gasteiger partial charge >= 0.3 is 0 Å². The van der Waals surface area contributed by atoms with Gasteiger partial charge in [-0.1, -0.05) is 42.5 Å². The molecular weight excluding hydrogens is 300 g/mol. The average molecular weight is 318 g/mol. The molecule has 4 heteroatoms. The summed E-state index contributed by atoms with van der Waals surface area (Å²) in [5.74, 6) is 0.490. The van der Waals surface area contributed by atoms with Crippen LogP contribution < -0.4 is 4.74 Å². The van der Waals surface area contributed by atoms with Gasteiger partial charge in [0, 0.05) is 18.8 Å². The van der Waals surface area contributed by atoms with Crippen LogP contribution in [-0.2, 0) is 13.7 Å². The number of para-hydroxylation sites is 1. The van der Waals surface area contributed by atoms with E-state index in [-0.39, 0.29) is 5.78 Å². The molecule has 24 heavy (non-hydrogen) atoms. The van der Waals surface area contributed by atoms with Gasteiger partial charge in [-0.05, 0) is 29.8 Å². The van der Waals surface area contributed by atoms with Crippen molar-refractivity contribution in [2.75, 3.05) is 0 Å². The molecule has 0 unspecified atom stereocenters. The second-order valence-electron chi connectivity index (χ2n) is 5.42. The minimum absolute atomic E-state index is 0.0949. The van der Waals surface area contributed by atoms with Crippen LogP contribution in [0.3, 0.4) is 0 Å². The van der Waals surface area contributed by atoms with Gasteiger partial charge in [-0.15, -0.1) is 0 Å². The van der Waals surface area contributed by atoms with Crippen molar-refractivity contribution in [3.05, 3.63) is 89.8 Å². The van der Waals surface area contributed by atoms with E-state index < -0.39 is 0 Å². The van der Waals surface area contributed by atoms with E-state index in [1.165, 1.54) is 0 Å². The third-order valence-corrected chi connectivity index (χ3v) is 3.54. The number of ether oxygens (including phenoxy) is 1. The number of nitrogens with zero attached hydrogens (tertiary/aromatic N) is 2. The molecule has 2 aromatic carbocycles. The largest absolute Gasteiger partial charge is 0.488 e. The van der Waals surface area contributed by atoms with E-state index in [4.69, 9.17) is 4.74 Å². The molecule has 0 aliphatic carbocycles. The normalized spacial score (nSPS) is 10.9. The van der Waals surface area contributed by atoms with Gasteiger partial charge in [-0.2, -0.15) is 5.10 Å². The predicted octanol–water partition coefficient (Wildman–Crippen LogP) is 3.90. The first-order chi connectivity index (χ1) is 11.7. The summed E-state index contributed by atoms with van der Waals surface area (Å²) in [6.45, 7) is 0.428. The van der Waals surface area contributed by atoms with Crippen molar-refractivity contribution >= 4 is 11.9 Å². The van der Waals surface area contributed by atoms with E-state index in [0.29, 0.717) is 17.9 Å². The van der Waals surface area contributed by atoms with Gasteiger partial charge in [0.25, 0.3) is 0 Å². The van der Waals surface area contributed by atoms with E-state index in [0.717, 1.165) is 11.1 Å². The molecule has 0 aliphatic heterocycles. The molecule has 3 aromatic rings. The number of aromatic nitrogens is 2. The minimum atomic E-state index is -0.0949. The highest BCUT2D eigenvalue weighted by molar-refractivity contribution is 6.08. The molecule has 0 fully saturated rings. The first kappa shape index (κ1) is 15.7. The van der Waals surface area contributed by atoms with Gasteiger partial charge in [0.1, 0.15) is 12.4 Å². The van der Waals surface area contributed by atoms with Crippen LogP contribution in [0, 0.1) is 0 Å². The van der Waals surface area contributed by atoms with Gasteiger partial charge in [0.2, 0.25) is 0 Å². The fourth-order valence-corrected chi connectivity index (χ4v) is 2.32. The van der Waals surface area contributed by atoms with Gasteiger partial charge in [-0.3, -0.25) is 9.48 Å². The number of hydrogen-bond acceptors (Lipinski definition) is 3. The first-order valence-corrected chi connectivity index (χ1v) is 7.69. The fraction of sp³-hybridized carbons (Fsp3) is 0.100. The van der Waals surface area contributed by atoms with Crippen LogP contribution in [0.1, 0.15) is 21.5 Å². The quantitative estimate of drug-likeness (QED) is 0.511. The monoisotopic (exact) mass is 318 g/mol. The first-order valence-electron chi connectivity index (χ1n) is 7.69.